The van der Waals surface area contributed by atoms with Crippen molar-refractivity contribution in [1.29, 1.82) is 0 Å². The lowest BCUT2D eigenvalue weighted by Crippen LogP contribution is -2.42. The summed E-state index contributed by atoms with van der Waals surface area (Å²) in [6, 6.07) is 4.47. The summed E-state index contributed by atoms with van der Waals surface area (Å²) in [5, 5.41) is 0. The zero-order valence-corrected chi connectivity index (χ0v) is 11.6. The Bertz CT molecular complexity index is 355. The van der Waals surface area contributed by atoms with Gasteiger partial charge >= 0.3 is 0 Å². The first-order valence-electron chi connectivity index (χ1n) is 7.02. The maximum absolute atomic E-state index is 5.97. The molecule has 3 nitrogen and oxygen atoms in total. The summed E-state index contributed by atoms with van der Waals surface area (Å²) in [6.45, 7) is 7.69. The number of hydrogen-bond acceptors (Lipinski definition) is 3. The average molecular weight is 247 g/mol. The fourth-order valence-corrected chi connectivity index (χ4v) is 2.80. The highest BCUT2D eigenvalue weighted by atomic mass is 15.2. The van der Waals surface area contributed by atoms with E-state index in [0.29, 0.717) is 18.0 Å². The van der Waals surface area contributed by atoms with Crippen LogP contribution in [0.1, 0.15) is 44.7 Å². The second kappa shape index (κ2) is 5.81. The molecule has 2 heterocycles. The maximum Gasteiger partial charge on any atom is 0.0485 e. The van der Waals surface area contributed by atoms with Gasteiger partial charge in [-0.05, 0) is 43.0 Å². The fraction of sp³-hybridized carbons (Fsp3) is 0.667. The molecule has 1 saturated heterocycles. The van der Waals surface area contributed by atoms with Crippen LogP contribution in [0, 0.1) is 5.41 Å². The van der Waals surface area contributed by atoms with Gasteiger partial charge in [0.1, 0.15) is 0 Å². The topological polar surface area (TPSA) is 42.1 Å². The van der Waals surface area contributed by atoms with Gasteiger partial charge in [0.2, 0.25) is 0 Å². The number of nitrogens with zero attached hydrogens (tertiary/aromatic N) is 2. The minimum atomic E-state index is 0.333. The molecule has 0 amide bonds. The second-order valence-corrected chi connectivity index (χ2v) is 5.74. The first-order valence-corrected chi connectivity index (χ1v) is 7.02. The SMILES string of the molecule is CCC1(C)CCN(C(CN)c2cccnc2)CC1. The highest BCUT2D eigenvalue weighted by Gasteiger charge is 2.31. The van der Waals surface area contributed by atoms with Gasteiger partial charge < -0.3 is 5.73 Å². The van der Waals surface area contributed by atoms with Gasteiger partial charge in [0.05, 0.1) is 0 Å². The standard InChI is InChI=1S/C15H25N3/c1-3-15(2)6-9-18(10-7-15)14(11-16)13-5-4-8-17-12-13/h4-5,8,12,14H,3,6-7,9-11,16H2,1-2H3. The summed E-state index contributed by atoms with van der Waals surface area (Å²) >= 11 is 0. The summed E-state index contributed by atoms with van der Waals surface area (Å²) in [4.78, 5) is 6.73. The summed E-state index contributed by atoms with van der Waals surface area (Å²) in [6.07, 6.45) is 7.61. The van der Waals surface area contributed by atoms with Gasteiger partial charge in [0.25, 0.3) is 0 Å². The zero-order valence-electron chi connectivity index (χ0n) is 11.6. The Balaban J connectivity index is 2.03. The van der Waals surface area contributed by atoms with E-state index in [-0.39, 0.29) is 0 Å². The molecule has 0 spiro atoms. The number of aromatic nitrogens is 1. The monoisotopic (exact) mass is 247 g/mol. The highest BCUT2D eigenvalue weighted by molar-refractivity contribution is 5.14. The molecule has 1 aliphatic heterocycles. The first kappa shape index (κ1) is 13.5. The molecule has 2 N–H and O–H groups in total. The Morgan fingerprint density at radius 3 is 2.67 bits per heavy atom. The van der Waals surface area contributed by atoms with Crippen LogP contribution in [0.3, 0.4) is 0 Å². The third kappa shape index (κ3) is 2.90. The van der Waals surface area contributed by atoms with Crippen molar-refractivity contribution in [3.8, 4) is 0 Å². The van der Waals surface area contributed by atoms with Crippen molar-refractivity contribution >= 4 is 0 Å². The van der Waals surface area contributed by atoms with Crippen molar-refractivity contribution in [2.45, 2.75) is 39.2 Å². The van der Waals surface area contributed by atoms with Crippen molar-refractivity contribution in [3.05, 3.63) is 30.1 Å². The van der Waals surface area contributed by atoms with Crippen molar-refractivity contribution in [3.63, 3.8) is 0 Å². The molecule has 0 aliphatic carbocycles. The molecule has 1 aromatic rings. The predicted molar refractivity (Wildman–Crippen MR) is 75.2 cm³/mol. The average Bonchev–Trinajstić information content (AvgIpc) is 2.43. The minimum Gasteiger partial charge on any atom is -0.329 e. The molecule has 0 saturated carbocycles. The molecule has 1 unspecified atom stereocenters. The van der Waals surface area contributed by atoms with E-state index in [1.807, 2.05) is 18.5 Å². The number of likely N-dealkylation sites (tertiary alicyclic amines) is 1. The lowest BCUT2D eigenvalue weighted by atomic mass is 9.78. The van der Waals surface area contributed by atoms with Crippen LogP contribution in [0.2, 0.25) is 0 Å². The fourth-order valence-electron chi connectivity index (χ4n) is 2.80. The third-order valence-electron chi connectivity index (χ3n) is 4.59. The summed E-state index contributed by atoms with van der Waals surface area (Å²) < 4.78 is 0. The first-order chi connectivity index (χ1) is 8.68. The van der Waals surface area contributed by atoms with Crippen LogP contribution in [-0.4, -0.2) is 29.5 Å². The zero-order chi connectivity index (χ0) is 13.0. The van der Waals surface area contributed by atoms with Crippen LogP contribution in [0.5, 0.6) is 0 Å². The number of piperidine rings is 1. The van der Waals surface area contributed by atoms with Crippen molar-refractivity contribution in [2.75, 3.05) is 19.6 Å². The number of nitrogens with two attached hydrogens (primary N) is 1. The molecule has 0 bridgehead atoms. The molecule has 18 heavy (non-hydrogen) atoms. The second-order valence-electron chi connectivity index (χ2n) is 5.74. The normalized spacial score (nSPS) is 21.7. The van der Waals surface area contributed by atoms with Crippen molar-refractivity contribution in [2.24, 2.45) is 11.1 Å². The van der Waals surface area contributed by atoms with Crippen molar-refractivity contribution in [1.82, 2.24) is 9.88 Å². The Morgan fingerprint density at radius 1 is 1.44 bits per heavy atom. The van der Waals surface area contributed by atoms with Crippen molar-refractivity contribution < 1.29 is 0 Å². The third-order valence-corrected chi connectivity index (χ3v) is 4.59. The molecule has 100 valence electrons. The van der Waals surface area contributed by atoms with E-state index in [1.54, 1.807) is 0 Å². The predicted octanol–water partition coefficient (Wildman–Crippen LogP) is 2.59. The smallest absolute Gasteiger partial charge is 0.0485 e. The van der Waals surface area contributed by atoms with Gasteiger partial charge in [-0.2, -0.15) is 0 Å². The Hall–Kier alpha value is -0.930. The number of hydrogen-bond donors (Lipinski definition) is 1. The summed E-state index contributed by atoms with van der Waals surface area (Å²) in [5.74, 6) is 0. The Morgan fingerprint density at radius 2 is 2.17 bits per heavy atom. The molecule has 0 radical (unpaired) electrons. The van der Waals surface area contributed by atoms with E-state index in [0.717, 1.165) is 13.1 Å². The van der Waals surface area contributed by atoms with E-state index in [2.05, 4.69) is 29.8 Å². The molecular weight excluding hydrogens is 222 g/mol. The van der Waals surface area contributed by atoms with E-state index in [1.165, 1.54) is 24.8 Å². The van der Waals surface area contributed by atoms with Gasteiger partial charge in [-0.25, -0.2) is 0 Å². The molecule has 1 fully saturated rings. The largest absolute Gasteiger partial charge is 0.329 e. The molecule has 1 atom stereocenters. The van der Waals surface area contributed by atoms with E-state index < -0.39 is 0 Å². The van der Waals surface area contributed by atoms with Gasteiger partial charge in [0.15, 0.2) is 0 Å². The van der Waals surface area contributed by atoms with Crippen LogP contribution >= 0.6 is 0 Å². The molecule has 1 aliphatic rings. The van der Waals surface area contributed by atoms with Gasteiger partial charge in [0, 0.05) is 25.0 Å². The summed E-state index contributed by atoms with van der Waals surface area (Å²) in [7, 11) is 0. The quantitative estimate of drug-likeness (QED) is 0.889. The highest BCUT2D eigenvalue weighted by Crippen LogP contribution is 2.36. The van der Waals surface area contributed by atoms with Gasteiger partial charge in [-0.3, -0.25) is 9.88 Å². The molecular formula is C15H25N3. The number of rotatable bonds is 4. The lowest BCUT2D eigenvalue weighted by Gasteiger charge is -2.42. The van der Waals surface area contributed by atoms with Gasteiger partial charge in [-0.15, -0.1) is 0 Å². The minimum absolute atomic E-state index is 0.333. The Kier molecular flexibility index (Phi) is 4.36. The summed E-state index contributed by atoms with van der Waals surface area (Å²) in [5.41, 5.74) is 7.75. The molecule has 3 heteroatoms. The van der Waals surface area contributed by atoms with Crippen LogP contribution in [-0.2, 0) is 0 Å². The van der Waals surface area contributed by atoms with Crippen LogP contribution in [0.4, 0.5) is 0 Å². The molecule has 0 aromatic carbocycles. The number of pyridine rings is 1. The van der Waals surface area contributed by atoms with E-state index in [9.17, 15) is 0 Å². The lowest BCUT2D eigenvalue weighted by molar-refractivity contribution is 0.0828. The van der Waals surface area contributed by atoms with E-state index >= 15 is 0 Å². The molecule has 1 aromatic heterocycles. The maximum atomic E-state index is 5.97. The van der Waals surface area contributed by atoms with E-state index in [4.69, 9.17) is 5.73 Å². The van der Waals surface area contributed by atoms with Crippen LogP contribution in [0.15, 0.2) is 24.5 Å². The Labute approximate surface area is 110 Å². The molecule has 2 rings (SSSR count). The van der Waals surface area contributed by atoms with Gasteiger partial charge in [-0.1, -0.05) is 26.3 Å². The van der Waals surface area contributed by atoms with Crippen LogP contribution < -0.4 is 5.73 Å². The van der Waals surface area contributed by atoms with Crippen LogP contribution in [0.25, 0.3) is 0 Å².